The Hall–Kier alpha value is -1.35. The number of hydrogen-bond acceptors (Lipinski definition) is 3. The molecular weight excluding hydrogens is 156 g/mol. The normalized spacial score (nSPS) is 7.92. The fourth-order valence-corrected chi connectivity index (χ4v) is 0.663. The van der Waals surface area contributed by atoms with Crippen molar-refractivity contribution in [3.05, 3.63) is 35.4 Å². The third-order valence-corrected chi connectivity index (χ3v) is 1.47. The van der Waals surface area contributed by atoms with E-state index in [0.717, 1.165) is 0 Å². The minimum absolute atomic E-state index is 0.0694. The van der Waals surface area contributed by atoms with Gasteiger partial charge in [-0.15, -0.1) is 0 Å². The van der Waals surface area contributed by atoms with Gasteiger partial charge in [-0.1, -0.05) is 24.3 Å². The van der Waals surface area contributed by atoms with Crippen molar-refractivity contribution in [3.8, 4) is 0 Å². The Morgan fingerprint density at radius 3 is 1.75 bits per heavy atom. The van der Waals surface area contributed by atoms with E-state index in [2.05, 4.69) is 43.0 Å². The Balaban J connectivity index is 0.000000261. The molecule has 0 bridgehead atoms. The van der Waals surface area contributed by atoms with Gasteiger partial charge >= 0.3 is 6.47 Å². The molecule has 0 spiro atoms. The SMILES string of the molecule is Cc1ccccc1C.O=COO. The van der Waals surface area contributed by atoms with Crippen molar-refractivity contribution in [2.24, 2.45) is 0 Å². The molecule has 66 valence electrons. The van der Waals surface area contributed by atoms with Crippen molar-refractivity contribution < 1.29 is 14.9 Å². The van der Waals surface area contributed by atoms with Crippen molar-refractivity contribution in [3.63, 3.8) is 0 Å². The maximum Gasteiger partial charge on any atom is 0.330 e. The van der Waals surface area contributed by atoms with Crippen LogP contribution in [0.4, 0.5) is 0 Å². The summed E-state index contributed by atoms with van der Waals surface area (Å²) in [5, 5.41) is 7.01. The fourth-order valence-electron chi connectivity index (χ4n) is 0.663. The quantitative estimate of drug-likeness (QED) is 0.396. The second-order valence-corrected chi connectivity index (χ2v) is 2.29. The highest BCUT2D eigenvalue weighted by Gasteiger charge is 1.83. The van der Waals surface area contributed by atoms with Crippen molar-refractivity contribution in [2.75, 3.05) is 0 Å². The first-order valence-corrected chi connectivity index (χ1v) is 3.48. The second-order valence-electron chi connectivity index (χ2n) is 2.29. The minimum atomic E-state index is -0.0694. The summed E-state index contributed by atoms with van der Waals surface area (Å²) in [4.78, 5) is 11.6. The summed E-state index contributed by atoms with van der Waals surface area (Å²) in [5.41, 5.74) is 2.74. The standard InChI is InChI=1S/C8H10.CH2O3/c1-7-5-3-4-6-8(7)2;2-1-4-3/h3-6H,1-2H3;1,3H. The van der Waals surface area contributed by atoms with Crippen LogP contribution < -0.4 is 0 Å². The van der Waals surface area contributed by atoms with Crippen LogP contribution in [0.15, 0.2) is 24.3 Å². The summed E-state index contributed by atoms with van der Waals surface area (Å²) in [6.07, 6.45) is 0. The summed E-state index contributed by atoms with van der Waals surface area (Å²) >= 11 is 0. The van der Waals surface area contributed by atoms with Gasteiger partial charge in [-0.25, -0.2) is 5.26 Å². The maximum absolute atomic E-state index is 8.70. The molecule has 3 nitrogen and oxygen atoms in total. The lowest BCUT2D eigenvalue weighted by atomic mass is 10.1. The molecule has 1 N–H and O–H groups in total. The summed E-state index contributed by atoms with van der Waals surface area (Å²) in [6.45, 7) is 4.17. The lowest BCUT2D eigenvalue weighted by Gasteiger charge is -1.93. The second kappa shape index (κ2) is 6.37. The van der Waals surface area contributed by atoms with E-state index < -0.39 is 0 Å². The van der Waals surface area contributed by atoms with Gasteiger partial charge in [0.15, 0.2) is 0 Å². The average Bonchev–Trinajstić information content (AvgIpc) is 2.11. The molecule has 1 rings (SSSR count). The van der Waals surface area contributed by atoms with Gasteiger partial charge in [0.25, 0.3) is 0 Å². The summed E-state index contributed by atoms with van der Waals surface area (Å²) < 4.78 is 0. The highest BCUT2D eigenvalue weighted by Crippen LogP contribution is 2.02. The number of aryl methyl sites for hydroxylation is 2. The topological polar surface area (TPSA) is 46.5 Å². The lowest BCUT2D eigenvalue weighted by Crippen LogP contribution is -1.74. The monoisotopic (exact) mass is 168 g/mol. The van der Waals surface area contributed by atoms with Crippen LogP contribution in [0.2, 0.25) is 0 Å². The largest absolute Gasteiger partial charge is 0.330 e. The first-order valence-electron chi connectivity index (χ1n) is 3.48. The Labute approximate surface area is 71.5 Å². The molecule has 1 aromatic carbocycles. The van der Waals surface area contributed by atoms with Crippen LogP contribution in [0.25, 0.3) is 0 Å². The van der Waals surface area contributed by atoms with Crippen LogP contribution >= 0.6 is 0 Å². The smallest absolute Gasteiger partial charge is 0.304 e. The van der Waals surface area contributed by atoms with Crippen LogP contribution in [-0.4, -0.2) is 11.7 Å². The summed E-state index contributed by atoms with van der Waals surface area (Å²) in [6, 6.07) is 8.36. The van der Waals surface area contributed by atoms with Gasteiger partial charge in [0, 0.05) is 0 Å². The van der Waals surface area contributed by atoms with Crippen LogP contribution in [-0.2, 0) is 9.68 Å². The zero-order valence-electron chi connectivity index (χ0n) is 7.15. The van der Waals surface area contributed by atoms with Gasteiger partial charge in [0.05, 0.1) is 0 Å². The molecule has 0 aromatic heterocycles. The van der Waals surface area contributed by atoms with E-state index in [0.29, 0.717) is 0 Å². The molecule has 0 heterocycles. The van der Waals surface area contributed by atoms with Gasteiger partial charge in [0.2, 0.25) is 0 Å². The van der Waals surface area contributed by atoms with E-state index in [-0.39, 0.29) is 6.47 Å². The molecule has 1 aromatic rings. The van der Waals surface area contributed by atoms with Gasteiger partial charge in [-0.2, -0.15) is 0 Å². The van der Waals surface area contributed by atoms with Crippen LogP contribution in [0.3, 0.4) is 0 Å². The van der Waals surface area contributed by atoms with E-state index in [1.807, 2.05) is 0 Å². The number of benzene rings is 1. The first-order chi connectivity index (χ1) is 5.72. The van der Waals surface area contributed by atoms with E-state index in [1.165, 1.54) is 11.1 Å². The molecule has 0 aliphatic rings. The van der Waals surface area contributed by atoms with Crippen molar-refractivity contribution in [1.82, 2.24) is 0 Å². The fraction of sp³-hybridized carbons (Fsp3) is 0.222. The Kier molecular flexibility index (Phi) is 5.65. The van der Waals surface area contributed by atoms with Gasteiger partial charge in [-0.3, -0.25) is 4.79 Å². The summed E-state index contributed by atoms with van der Waals surface area (Å²) in [7, 11) is 0. The molecule has 0 aliphatic carbocycles. The third kappa shape index (κ3) is 4.46. The molecule has 0 atom stereocenters. The van der Waals surface area contributed by atoms with Crippen LogP contribution in [0.1, 0.15) is 11.1 Å². The number of hydrogen-bond donors (Lipinski definition) is 1. The first kappa shape index (κ1) is 10.7. The molecule has 0 amide bonds. The molecule has 0 saturated heterocycles. The Bertz CT molecular complexity index is 212. The van der Waals surface area contributed by atoms with Gasteiger partial charge in [0.1, 0.15) is 0 Å². The number of rotatable bonds is 1. The van der Waals surface area contributed by atoms with E-state index in [9.17, 15) is 0 Å². The lowest BCUT2D eigenvalue weighted by molar-refractivity contribution is -0.217. The number of carbonyl (C=O) groups is 1. The highest BCUT2D eigenvalue weighted by atomic mass is 17.1. The predicted molar refractivity (Wildman–Crippen MR) is 45.7 cm³/mol. The minimum Gasteiger partial charge on any atom is -0.304 e. The van der Waals surface area contributed by atoms with Crippen LogP contribution in [0.5, 0.6) is 0 Å². The van der Waals surface area contributed by atoms with Crippen molar-refractivity contribution >= 4 is 6.47 Å². The molecule has 0 radical (unpaired) electrons. The predicted octanol–water partition coefficient (Wildman–Crippen LogP) is 1.94. The van der Waals surface area contributed by atoms with E-state index in [1.54, 1.807) is 0 Å². The number of carbonyl (C=O) groups excluding carboxylic acids is 1. The highest BCUT2D eigenvalue weighted by molar-refractivity contribution is 5.35. The maximum atomic E-state index is 8.70. The molecular formula is C9H12O3. The van der Waals surface area contributed by atoms with Gasteiger partial charge in [-0.05, 0) is 25.0 Å². The molecule has 0 aliphatic heterocycles. The van der Waals surface area contributed by atoms with Crippen LogP contribution in [0, 0.1) is 13.8 Å². The molecule has 0 fully saturated rings. The molecule has 0 saturated carbocycles. The summed E-state index contributed by atoms with van der Waals surface area (Å²) in [5.74, 6) is 0. The van der Waals surface area contributed by atoms with Crippen molar-refractivity contribution in [2.45, 2.75) is 13.8 Å². The Morgan fingerprint density at radius 2 is 1.58 bits per heavy atom. The third-order valence-electron chi connectivity index (χ3n) is 1.47. The van der Waals surface area contributed by atoms with E-state index >= 15 is 0 Å². The molecule has 3 heteroatoms. The molecule has 0 unspecified atom stereocenters. The molecule has 12 heavy (non-hydrogen) atoms. The Morgan fingerprint density at radius 1 is 1.25 bits per heavy atom. The van der Waals surface area contributed by atoms with E-state index in [4.69, 9.17) is 10.1 Å². The average molecular weight is 168 g/mol. The van der Waals surface area contributed by atoms with Gasteiger partial charge < -0.3 is 4.89 Å². The zero-order chi connectivity index (χ0) is 9.40. The zero-order valence-corrected chi connectivity index (χ0v) is 7.15. The van der Waals surface area contributed by atoms with Crippen molar-refractivity contribution in [1.29, 1.82) is 0 Å².